The van der Waals surface area contributed by atoms with Crippen molar-refractivity contribution < 1.29 is 8.78 Å². The number of para-hydroxylation sites is 3. The van der Waals surface area contributed by atoms with Crippen molar-refractivity contribution in [3.05, 3.63) is 120 Å². The van der Waals surface area contributed by atoms with Crippen molar-refractivity contribution in [2.75, 3.05) is 35.6 Å². The van der Waals surface area contributed by atoms with Gasteiger partial charge < -0.3 is 16.0 Å². The van der Waals surface area contributed by atoms with Gasteiger partial charge in [0, 0.05) is 73.1 Å². The number of hydrogen-bond donors (Lipinski definition) is 3. The van der Waals surface area contributed by atoms with Crippen LogP contribution in [0.4, 0.5) is 25.8 Å². The molecule has 0 aliphatic carbocycles. The van der Waals surface area contributed by atoms with Gasteiger partial charge in [0.2, 0.25) is 0 Å². The van der Waals surface area contributed by atoms with Crippen LogP contribution < -0.4 is 16.0 Å². The number of aromatic nitrogens is 2. The lowest BCUT2D eigenvalue weighted by atomic mass is 9.98. The van der Waals surface area contributed by atoms with Crippen LogP contribution in [-0.4, -0.2) is 29.4 Å². The number of fused-ring (bicyclic) bond motifs is 7. The Morgan fingerprint density at radius 2 is 1.19 bits per heavy atom. The van der Waals surface area contributed by atoms with Crippen LogP contribution in [0, 0.1) is 0 Å². The largest absolute Gasteiger partial charge is 0.385 e. The number of nitrogens with one attached hydrogen (secondary N) is 3. The quantitative estimate of drug-likeness (QED) is 0.173. The van der Waals surface area contributed by atoms with Gasteiger partial charge in [0.05, 0.1) is 5.69 Å². The fourth-order valence-electron chi connectivity index (χ4n) is 5.95. The van der Waals surface area contributed by atoms with Crippen LogP contribution >= 0.6 is 0 Å². The summed E-state index contributed by atoms with van der Waals surface area (Å²) in [5.74, 6) is -2.67. The Bertz CT molecular complexity index is 1650. The Morgan fingerprint density at radius 3 is 1.95 bits per heavy atom. The lowest BCUT2D eigenvalue weighted by molar-refractivity contribution is -0.0120. The third-order valence-electron chi connectivity index (χ3n) is 8.05. The molecule has 3 aliphatic heterocycles. The number of benzene rings is 4. The number of aryl methyl sites for hydroxylation is 1. The predicted molar refractivity (Wildman–Crippen MR) is 173 cm³/mol. The van der Waals surface area contributed by atoms with Crippen molar-refractivity contribution in [2.45, 2.75) is 31.6 Å². The molecule has 4 heterocycles. The van der Waals surface area contributed by atoms with Gasteiger partial charge in [-0.15, -0.1) is 0 Å². The van der Waals surface area contributed by atoms with Gasteiger partial charge in [-0.3, -0.25) is 4.68 Å². The second kappa shape index (κ2) is 12.7. The Hall–Kier alpha value is -4.65. The van der Waals surface area contributed by atoms with Crippen LogP contribution in [0.25, 0.3) is 22.4 Å². The van der Waals surface area contributed by atoms with Crippen molar-refractivity contribution in [2.24, 2.45) is 7.05 Å². The van der Waals surface area contributed by atoms with Gasteiger partial charge in [-0.25, -0.2) is 8.78 Å². The Labute approximate surface area is 252 Å². The van der Waals surface area contributed by atoms with Gasteiger partial charge in [-0.05, 0) is 54.2 Å². The molecular formula is C36H37F2N5. The van der Waals surface area contributed by atoms with E-state index < -0.39 is 5.92 Å². The Balaban J connectivity index is 0.000000115. The summed E-state index contributed by atoms with van der Waals surface area (Å²) in [6, 6.07) is 32.2. The summed E-state index contributed by atoms with van der Waals surface area (Å²) in [7, 11) is 1.98. The predicted octanol–water partition coefficient (Wildman–Crippen LogP) is 8.36. The molecule has 0 atom stereocenters. The Morgan fingerprint density at radius 1 is 0.628 bits per heavy atom. The van der Waals surface area contributed by atoms with E-state index in [1.807, 2.05) is 11.7 Å². The normalized spacial score (nSPS) is 15.4. The van der Waals surface area contributed by atoms with Crippen molar-refractivity contribution in [1.29, 1.82) is 0 Å². The summed E-state index contributed by atoms with van der Waals surface area (Å²) in [5.41, 5.74) is 11.0. The zero-order valence-corrected chi connectivity index (χ0v) is 24.4. The molecule has 43 heavy (non-hydrogen) atoms. The molecule has 4 aromatic carbocycles. The number of nitrogens with zero attached hydrogens (tertiary/aromatic N) is 2. The number of alkyl halides is 2. The molecule has 0 amide bonds. The van der Waals surface area contributed by atoms with E-state index in [1.54, 1.807) is 18.2 Å². The molecule has 1 aromatic heterocycles. The minimum atomic E-state index is -2.67. The first-order chi connectivity index (χ1) is 21.0. The van der Waals surface area contributed by atoms with Crippen molar-refractivity contribution in [1.82, 2.24) is 9.78 Å². The molecule has 7 heteroatoms. The third-order valence-corrected chi connectivity index (χ3v) is 8.05. The topological polar surface area (TPSA) is 53.9 Å². The van der Waals surface area contributed by atoms with Crippen molar-refractivity contribution >= 4 is 17.1 Å². The van der Waals surface area contributed by atoms with E-state index in [4.69, 9.17) is 0 Å². The summed E-state index contributed by atoms with van der Waals surface area (Å²) < 4.78 is 28.7. The second-order valence-electron chi connectivity index (χ2n) is 11.1. The summed E-state index contributed by atoms with van der Waals surface area (Å²) in [4.78, 5) is 0. The number of hydrogen-bond acceptors (Lipinski definition) is 4. The summed E-state index contributed by atoms with van der Waals surface area (Å²) in [6.45, 7) is 2.64. The molecule has 0 saturated carbocycles. The number of anilines is 3. The molecule has 5 nitrogen and oxygen atoms in total. The third kappa shape index (κ3) is 6.41. The highest BCUT2D eigenvalue weighted by atomic mass is 19.3. The molecule has 0 fully saturated rings. The van der Waals surface area contributed by atoms with Gasteiger partial charge in [-0.2, -0.15) is 5.10 Å². The summed E-state index contributed by atoms with van der Waals surface area (Å²) in [5, 5.41) is 14.4. The maximum Gasteiger partial charge on any atom is 0.275 e. The first kappa shape index (κ1) is 28.5. The SMILES string of the molecule is Cn1cc2c(n1)-c1ccccc1NCC2.FC1(F)CCCNc2ccccc21.c1ccc2c(c1)CCNc1ccccc1-2. The average Bonchev–Trinajstić information content (AvgIpc) is 3.14. The number of halogens is 2. The minimum absolute atomic E-state index is 0.0585. The highest BCUT2D eigenvalue weighted by molar-refractivity contribution is 5.81. The number of rotatable bonds is 0. The van der Waals surface area contributed by atoms with Gasteiger partial charge in [0.25, 0.3) is 5.92 Å². The fourth-order valence-corrected chi connectivity index (χ4v) is 5.95. The molecule has 8 rings (SSSR count). The monoisotopic (exact) mass is 577 g/mol. The molecule has 3 aliphatic rings. The van der Waals surface area contributed by atoms with Gasteiger partial charge in [-0.1, -0.05) is 78.9 Å². The summed E-state index contributed by atoms with van der Waals surface area (Å²) in [6.07, 6.45) is 4.71. The van der Waals surface area contributed by atoms with Gasteiger partial charge in [0.15, 0.2) is 0 Å². The lowest BCUT2D eigenvalue weighted by Gasteiger charge is -2.15. The van der Waals surface area contributed by atoms with E-state index >= 15 is 0 Å². The van der Waals surface area contributed by atoms with E-state index in [0.717, 1.165) is 31.6 Å². The van der Waals surface area contributed by atoms with Crippen LogP contribution in [-0.2, 0) is 25.8 Å². The van der Waals surface area contributed by atoms with Crippen LogP contribution in [0.1, 0.15) is 29.5 Å². The van der Waals surface area contributed by atoms with E-state index in [0.29, 0.717) is 18.7 Å². The fraction of sp³-hybridized carbons (Fsp3) is 0.250. The molecular weight excluding hydrogens is 540 g/mol. The lowest BCUT2D eigenvalue weighted by Crippen LogP contribution is -2.12. The van der Waals surface area contributed by atoms with E-state index in [-0.39, 0.29) is 12.0 Å². The summed E-state index contributed by atoms with van der Waals surface area (Å²) >= 11 is 0. The van der Waals surface area contributed by atoms with E-state index in [2.05, 4.69) is 100 Å². The van der Waals surface area contributed by atoms with Crippen LogP contribution in [0.5, 0.6) is 0 Å². The molecule has 0 spiro atoms. The van der Waals surface area contributed by atoms with Crippen LogP contribution in [0.15, 0.2) is 103 Å². The highest BCUT2D eigenvalue weighted by Gasteiger charge is 2.34. The molecule has 0 radical (unpaired) electrons. The molecule has 5 aromatic rings. The minimum Gasteiger partial charge on any atom is -0.385 e. The van der Waals surface area contributed by atoms with E-state index in [1.165, 1.54) is 45.3 Å². The smallest absolute Gasteiger partial charge is 0.275 e. The Kier molecular flexibility index (Phi) is 8.40. The zero-order valence-electron chi connectivity index (χ0n) is 24.4. The van der Waals surface area contributed by atoms with Gasteiger partial charge in [0.1, 0.15) is 0 Å². The first-order valence-electron chi connectivity index (χ1n) is 15.0. The van der Waals surface area contributed by atoms with Crippen molar-refractivity contribution in [3.8, 4) is 22.4 Å². The molecule has 0 bridgehead atoms. The molecule has 220 valence electrons. The zero-order chi connectivity index (χ0) is 29.6. The highest BCUT2D eigenvalue weighted by Crippen LogP contribution is 2.39. The van der Waals surface area contributed by atoms with E-state index in [9.17, 15) is 8.78 Å². The van der Waals surface area contributed by atoms with Gasteiger partial charge >= 0.3 is 0 Å². The average molecular weight is 578 g/mol. The molecule has 3 N–H and O–H groups in total. The van der Waals surface area contributed by atoms with Crippen LogP contribution in [0.2, 0.25) is 0 Å². The maximum absolute atomic E-state index is 13.4. The first-order valence-corrected chi connectivity index (χ1v) is 15.0. The standard InChI is InChI=1S/C14H13N.C12H13N3.C10H11F2N/c1-2-6-12-11(5-1)9-10-15-14-8-4-3-7-13(12)14;1-15-8-9-6-7-13-11-5-3-2-4-10(11)12(9)14-15;11-10(12)6-3-7-13-9-5-2-1-4-8(9)10/h1-8,15H,9-10H2;2-5,8,13H,6-7H2,1H3;1-2,4-5,13H,3,6-7H2. The van der Waals surface area contributed by atoms with Crippen molar-refractivity contribution in [3.63, 3.8) is 0 Å². The second-order valence-corrected chi connectivity index (χ2v) is 11.1. The maximum atomic E-state index is 13.4. The molecule has 0 saturated heterocycles. The molecule has 0 unspecified atom stereocenters. The van der Waals surface area contributed by atoms with Crippen LogP contribution in [0.3, 0.4) is 0 Å².